The normalized spacial score (nSPS) is 14.9. The van der Waals surface area contributed by atoms with Crippen molar-refractivity contribution in [2.45, 2.75) is 25.7 Å². The molecule has 0 saturated carbocycles. The summed E-state index contributed by atoms with van der Waals surface area (Å²) in [6.45, 7) is 1.38. The number of rotatable bonds is 6. The van der Waals surface area contributed by atoms with Crippen molar-refractivity contribution >= 4 is 34.3 Å². The summed E-state index contributed by atoms with van der Waals surface area (Å²) in [5.74, 6) is -0.869. The average Bonchev–Trinajstić information content (AvgIpc) is 3.06. The number of Topliss-reactive ketones (excluding diaryl/α,β-unsaturated/α-hetero) is 1. The Bertz CT molecular complexity index is 1280. The third-order valence-corrected chi connectivity index (χ3v) is 5.48. The molecule has 0 saturated heterocycles. The van der Waals surface area contributed by atoms with Crippen molar-refractivity contribution in [3.63, 3.8) is 0 Å². The van der Waals surface area contributed by atoms with Gasteiger partial charge >= 0.3 is 5.97 Å². The summed E-state index contributed by atoms with van der Waals surface area (Å²) in [5.41, 5.74) is 2.23. The van der Waals surface area contributed by atoms with Crippen LogP contribution in [0.2, 0.25) is 0 Å². The van der Waals surface area contributed by atoms with E-state index >= 15 is 0 Å². The smallest absolute Gasteiger partial charge is 0.306 e. The molecule has 0 fully saturated rings. The van der Waals surface area contributed by atoms with Crippen molar-refractivity contribution in [2.24, 2.45) is 7.05 Å². The van der Waals surface area contributed by atoms with E-state index in [1.807, 2.05) is 0 Å². The van der Waals surface area contributed by atoms with Crippen LogP contribution in [0.15, 0.2) is 47.3 Å². The van der Waals surface area contributed by atoms with Gasteiger partial charge in [0.15, 0.2) is 12.4 Å². The number of benzene rings is 2. The third-order valence-electron chi connectivity index (χ3n) is 5.48. The Morgan fingerprint density at radius 1 is 1.16 bits per heavy atom. The Morgan fingerprint density at radius 2 is 1.94 bits per heavy atom. The molecule has 1 atom stereocenters. The van der Waals surface area contributed by atoms with Crippen LogP contribution in [-0.2, 0) is 27.8 Å². The fourth-order valence-corrected chi connectivity index (χ4v) is 3.59. The molecular weight excluding hydrogens is 398 g/mol. The number of para-hydroxylation sites is 1. The van der Waals surface area contributed by atoms with Gasteiger partial charge in [0.05, 0.1) is 23.2 Å². The molecule has 1 aromatic heterocycles. The van der Waals surface area contributed by atoms with Crippen molar-refractivity contribution in [3.05, 3.63) is 69.8 Å². The zero-order valence-electron chi connectivity index (χ0n) is 17.2. The number of ether oxygens (including phenoxy) is 1. The minimum Gasteiger partial charge on any atom is -0.457 e. The molecule has 8 heteroatoms. The lowest BCUT2D eigenvalue weighted by molar-refractivity contribution is -0.142. The quantitative estimate of drug-likeness (QED) is 0.485. The van der Waals surface area contributed by atoms with Crippen LogP contribution in [-0.4, -0.2) is 33.8 Å². The van der Waals surface area contributed by atoms with Gasteiger partial charge < -0.3 is 10.1 Å². The SMILES string of the molecule is C[C@H]1C(=O)Nc2ccc(C(=O)COC(=O)CCc3nc4ccccc4c(=O)n3C)cc21. The zero-order valence-corrected chi connectivity index (χ0v) is 17.2. The van der Waals surface area contributed by atoms with Crippen LogP contribution in [0, 0.1) is 0 Å². The number of esters is 1. The van der Waals surface area contributed by atoms with Crippen molar-refractivity contribution in [1.82, 2.24) is 9.55 Å². The highest BCUT2D eigenvalue weighted by atomic mass is 16.5. The summed E-state index contributed by atoms with van der Waals surface area (Å²) in [5, 5.41) is 3.27. The largest absolute Gasteiger partial charge is 0.457 e. The van der Waals surface area contributed by atoms with E-state index in [4.69, 9.17) is 4.74 Å². The van der Waals surface area contributed by atoms with Gasteiger partial charge in [-0.15, -0.1) is 0 Å². The maximum absolute atomic E-state index is 12.4. The van der Waals surface area contributed by atoms with Gasteiger partial charge in [0.25, 0.3) is 5.56 Å². The molecule has 1 N–H and O–H groups in total. The van der Waals surface area contributed by atoms with Crippen LogP contribution < -0.4 is 10.9 Å². The van der Waals surface area contributed by atoms with Crippen LogP contribution in [0.1, 0.15) is 41.0 Å². The second-order valence-corrected chi connectivity index (χ2v) is 7.51. The summed E-state index contributed by atoms with van der Waals surface area (Å²) in [6.07, 6.45) is 0.208. The minimum atomic E-state index is -0.554. The number of amides is 1. The number of anilines is 1. The predicted molar refractivity (Wildman–Crippen MR) is 114 cm³/mol. The van der Waals surface area contributed by atoms with Crippen molar-refractivity contribution in [3.8, 4) is 0 Å². The number of aromatic nitrogens is 2. The molecule has 0 radical (unpaired) electrons. The maximum atomic E-state index is 12.4. The van der Waals surface area contributed by atoms with Gasteiger partial charge in [-0.05, 0) is 42.8 Å². The maximum Gasteiger partial charge on any atom is 0.306 e. The number of ketones is 1. The molecule has 3 aromatic rings. The van der Waals surface area contributed by atoms with Crippen LogP contribution in [0.3, 0.4) is 0 Å². The number of hydrogen-bond donors (Lipinski definition) is 1. The molecule has 4 rings (SSSR count). The van der Waals surface area contributed by atoms with Crippen molar-refractivity contribution in [1.29, 1.82) is 0 Å². The highest BCUT2D eigenvalue weighted by Crippen LogP contribution is 2.32. The monoisotopic (exact) mass is 419 g/mol. The van der Waals surface area contributed by atoms with E-state index in [9.17, 15) is 19.2 Å². The summed E-state index contributed by atoms with van der Waals surface area (Å²) >= 11 is 0. The number of hydrogen-bond acceptors (Lipinski definition) is 6. The first-order valence-electron chi connectivity index (χ1n) is 9.93. The Morgan fingerprint density at radius 3 is 2.74 bits per heavy atom. The molecule has 158 valence electrons. The highest BCUT2D eigenvalue weighted by molar-refractivity contribution is 6.05. The second-order valence-electron chi connectivity index (χ2n) is 7.51. The molecule has 0 unspecified atom stereocenters. The van der Waals surface area contributed by atoms with Crippen LogP contribution in [0.5, 0.6) is 0 Å². The highest BCUT2D eigenvalue weighted by Gasteiger charge is 2.27. The van der Waals surface area contributed by atoms with Gasteiger partial charge in [-0.1, -0.05) is 12.1 Å². The first-order valence-corrected chi connectivity index (χ1v) is 9.93. The molecule has 0 bridgehead atoms. The summed E-state index contributed by atoms with van der Waals surface area (Å²) in [4.78, 5) is 53.2. The number of aryl methyl sites for hydroxylation is 1. The van der Waals surface area contributed by atoms with Crippen LogP contribution >= 0.6 is 0 Å². The lowest BCUT2D eigenvalue weighted by Crippen LogP contribution is -2.23. The van der Waals surface area contributed by atoms with E-state index in [1.165, 1.54) is 4.57 Å². The number of carbonyl (C=O) groups is 3. The molecule has 1 aliphatic heterocycles. The van der Waals surface area contributed by atoms with Crippen LogP contribution in [0.4, 0.5) is 5.69 Å². The fraction of sp³-hybridized carbons (Fsp3) is 0.261. The van der Waals surface area contributed by atoms with Gasteiger partial charge in [-0.2, -0.15) is 0 Å². The lowest BCUT2D eigenvalue weighted by Gasteiger charge is -2.09. The third kappa shape index (κ3) is 3.96. The lowest BCUT2D eigenvalue weighted by atomic mass is 9.99. The number of nitrogens with zero attached hydrogens (tertiary/aromatic N) is 2. The van der Waals surface area contributed by atoms with E-state index in [1.54, 1.807) is 56.4 Å². The molecule has 1 amide bonds. The molecule has 2 aromatic carbocycles. The first kappa shape index (κ1) is 20.5. The van der Waals surface area contributed by atoms with E-state index < -0.39 is 12.6 Å². The summed E-state index contributed by atoms with van der Waals surface area (Å²) in [7, 11) is 1.61. The van der Waals surface area contributed by atoms with Gasteiger partial charge in [0.2, 0.25) is 5.91 Å². The second kappa shape index (κ2) is 8.14. The van der Waals surface area contributed by atoms with E-state index in [-0.39, 0.29) is 36.0 Å². The van der Waals surface area contributed by atoms with E-state index in [2.05, 4.69) is 10.3 Å². The summed E-state index contributed by atoms with van der Waals surface area (Å²) in [6, 6.07) is 12.0. The molecule has 0 spiro atoms. The Labute approximate surface area is 177 Å². The van der Waals surface area contributed by atoms with Crippen molar-refractivity contribution < 1.29 is 19.1 Å². The Balaban J connectivity index is 1.37. The summed E-state index contributed by atoms with van der Waals surface area (Å²) < 4.78 is 6.54. The Hall–Kier alpha value is -3.81. The molecular formula is C23H21N3O5. The average molecular weight is 419 g/mol. The molecule has 31 heavy (non-hydrogen) atoms. The van der Waals surface area contributed by atoms with Crippen molar-refractivity contribution in [2.75, 3.05) is 11.9 Å². The molecule has 0 aliphatic carbocycles. The Kier molecular flexibility index (Phi) is 5.37. The minimum absolute atomic E-state index is 0.00839. The fourth-order valence-electron chi connectivity index (χ4n) is 3.59. The first-order chi connectivity index (χ1) is 14.8. The predicted octanol–water partition coefficient (Wildman–Crippen LogP) is 2.35. The van der Waals surface area contributed by atoms with Gasteiger partial charge in [-0.3, -0.25) is 23.7 Å². The molecule has 2 heterocycles. The zero-order chi connectivity index (χ0) is 22.1. The van der Waals surface area contributed by atoms with Gasteiger partial charge in [0.1, 0.15) is 5.82 Å². The number of carbonyl (C=O) groups excluding carboxylic acids is 3. The molecule has 1 aliphatic rings. The number of nitrogens with one attached hydrogen (secondary N) is 1. The van der Waals surface area contributed by atoms with Crippen LogP contribution in [0.25, 0.3) is 10.9 Å². The van der Waals surface area contributed by atoms with E-state index in [0.29, 0.717) is 28.0 Å². The van der Waals surface area contributed by atoms with E-state index in [0.717, 1.165) is 5.56 Å². The number of fused-ring (bicyclic) bond motifs is 2. The topological polar surface area (TPSA) is 107 Å². The molecule has 8 nitrogen and oxygen atoms in total. The standard InChI is InChI=1S/C23H21N3O5/c1-13-16-11-14(7-8-18(16)25-22(13)29)19(27)12-31-21(28)10-9-20-24-17-6-4-3-5-15(17)23(30)26(20)2/h3-8,11,13H,9-10,12H2,1-2H3,(H,25,29)/t13-/m1/s1. The van der Waals surface area contributed by atoms with Gasteiger partial charge in [0, 0.05) is 24.7 Å². The van der Waals surface area contributed by atoms with Gasteiger partial charge in [-0.25, -0.2) is 4.98 Å².